The van der Waals surface area contributed by atoms with Gasteiger partial charge in [-0.1, -0.05) is 11.6 Å². The van der Waals surface area contributed by atoms with E-state index in [-0.39, 0.29) is 0 Å². The van der Waals surface area contributed by atoms with Gasteiger partial charge in [0.05, 0.1) is 10.7 Å². The van der Waals surface area contributed by atoms with Crippen molar-refractivity contribution in [1.29, 1.82) is 0 Å². The Bertz CT molecular complexity index is 644. The molecule has 0 atom stereocenters. The minimum atomic E-state index is 0.478. The number of nitrogens with one attached hydrogen (secondary N) is 1. The van der Waals surface area contributed by atoms with Gasteiger partial charge in [-0.15, -0.1) is 0 Å². The SMILES string of the molecule is Nc1cc(-c2ccc(Cl)c(NCC3CCOCC3)n2)ccn1. The van der Waals surface area contributed by atoms with E-state index in [4.69, 9.17) is 22.1 Å². The zero-order valence-electron chi connectivity index (χ0n) is 12.3. The van der Waals surface area contributed by atoms with E-state index in [1.807, 2.05) is 18.2 Å². The number of nitrogen functional groups attached to an aromatic ring is 1. The number of hydrogen-bond acceptors (Lipinski definition) is 5. The highest BCUT2D eigenvalue weighted by atomic mass is 35.5. The highest BCUT2D eigenvalue weighted by Crippen LogP contribution is 2.26. The first-order valence-electron chi connectivity index (χ1n) is 7.42. The lowest BCUT2D eigenvalue weighted by Crippen LogP contribution is -2.23. The number of ether oxygens (including phenoxy) is 1. The second kappa shape index (κ2) is 6.94. The fourth-order valence-corrected chi connectivity index (χ4v) is 2.70. The Kier molecular flexibility index (Phi) is 4.75. The predicted octanol–water partition coefficient (Wildman–Crippen LogP) is 3.22. The summed E-state index contributed by atoms with van der Waals surface area (Å²) in [5.74, 6) is 1.79. The normalized spacial score (nSPS) is 15.7. The first-order chi connectivity index (χ1) is 10.7. The van der Waals surface area contributed by atoms with Gasteiger partial charge in [-0.2, -0.15) is 0 Å². The number of hydrogen-bond donors (Lipinski definition) is 2. The average molecular weight is 319 g/mol. The third-order valence-corrected chi connectivity index (χ3v) is 4.13. The molecule has 3 N–H and O–H groups in total. The van der Waals surface area contributed by atoms with E-state index in [2.05, 4.69) is 15.3 Å². The molecule has 1 saturated heterocycles. The molecule has 1 aliphatic rings. The third kappa shape index (κ3) is 3.67. The molecule has 0 spiro atoms. The van der Waals surface area contributed by atoms with E-state index < -0.39 is 0 Å². The fourth-order valence-electron chi connectivity index (χ4n) is 2.53. The fraction of sp³-hybridized carbons (Fsp3) is 0.375. The molecule has 5 nitrogen and oxygen atoms in total. The molecule has 0 amide bonds. The molecule has 6 heteroatoms. The lowest BCUT2D eigenvalue weighted by Gasteiger charge is -2.22. The zero-order chi connectivity index (χ0) is 15.4. The molecule has 2 aromatic heterocycles. The highest BCUT2D eigenvalue weighted by molar-refractivity contribution is 6.33. The molecule has 1 fully saturated rings. The second-order valence-electron chi connectivity index (χ2n) is 5.43. The minimum absolute atomic E-state index is 0.478. The molecule has 3 heterocycles. The Balaban J connectivity index is 1.74. The molecule has 0 aliphatic carbocycles. The van der Waals surface area contributed by atoms with E-state index in [9.17, 15) is 0 Å². The lowest BCUT2D eigenvalue weighted by molar-refractivity contribution is 0.0699. The Hall–Kier alpha value is -1.85. The summed E-state index contributed by atoms with van der Waals surface area (Å²) in [4.78, 5) is 8.61. The topological polar surface area (TPSA) is 73.1 Å². The largest absolute Gasteiger partial charge is 0.384 e. The van der Waals surface area contributed by atoms with Gasteiger partial charge in [-0.25, -0.2) is 9.97 Å². The van der Waals surface area contributed by atoms with Crippen LogP contribution in [0.2, 0.25) is 5.02 Å². The summed E-state index contributed by atoms with van der Waals surface area (Å²) < 4.78 is 5.38. The van der Waals surface area contributed by atoms with Gasteiger partial charge in [0, 0.05) is 31.5 Å². The van der Waals surface area contributed by atoms with E-state index in [1.54, 1.807) is 12.3 Å². The third-order valence-electron chi connectivity index (χ3n) is 3.82. The van der Waals surface area contributed by atoms with Gasteiger partial charge in [0.1, 0.15) is 11.6 Å². The minimum Gasteiger partial charge on any atom is -0.384 e. The number of rotatable bonds is 4. The molecular weight excluding hydrogens is 300 g/mol. The maximum absolute atomic E-state index is 6.25. The molecule has 0 aromatic carbocycles. The average Bonchev–Trinajstić information content (AvgIpc) is 2.55. The molecule has 22 heavy (non-hydrogen) atoms. The number of pyridine rings is 2. The maximum Gasteiger partial charge on any atom is 0.145 e. The van der Waals surface area contributed by atoms with Crippen molar-refractivity contribution in [2.24, 2.45) is 5.92 Å². The predicted molar refractivity (Wildman–Crippen MR) is 88.9 cm³/mol. The Morgan fingerprint density at radius 1 is 1.27 bits per heavy atom. The number of nitrogens with two attached hydrogens (primary N) is 1. The van der Waals surface area contributed by atoms with Crippen molar-refractivity contribution < 1.29 is 4.74 Å². The van der Waals surface area contributed by atoms with Gasteiger partial charge in [-0.05, 0) is 43.0 Å². The van der Waals surface area contributed by atoms with Crippen LogP contribution in [0.25, 0.3) is 11.3 Å². The van der Waals surface area contributed by atoms with E-state index >= 15 is 0 Å². The van der Waals surface area contributed by atoms with Crippen molar-refractivity contribution in [3.63, 3.8) is 0 Å². The number of anilines is 2. The van der Waals surface area contributed by atoms with Crippen LogP contribution in [-0.4, -0.2) is 29.7 Å². The summed E-state index contributed by atoms with van der Waals surface area (Å²) in [6.45, 7) is 2.53. The molecule has 0 bridgehead atoms. The van der Waals surface area contributed by atoms with Crippen LogP contribution in [0.5, 0.6) is 0 Å². The zero-order valence-corrected chi connectivity index (χ0v) is 13.0. The summed E-state index contributed by atoms with van der Waals surface area (Å²) in [7, 11) is 0. The van der Waals surface area contributed by atoms with Gasteiger partial charge in [0.2, 0.25) is 0 Å². The smallest absolute Gasteiger partial charge is 0.145 e. The molecule has 3 rings (SSSR count). The van der Waals surface area contributed by atoms with Crippen LogP contribution in [0.3, 0.4) is 0 Å². The summed E-state index contributed by atoms with van der Waals surface area (Å²) in [6, 6.07) is 7.43. The first kappa shape index (κ1) is 15.1. The summed E-state index contributed by atoms with van der Waals surface area (Å²) >= 11 is 6.25. The van der Waals surface area contributed by atoms with Gasteiger partial charge < -0.3 is 15.8 Å². The summed E-state index contributed by atoms with van der Waals surface area (Å²) in [5, 5.41) is 3.98. The van der Waals surface area contributed by atoms with Gasteiger partial charge in [0.25, 0.3) is 0 Å². The van der Waals surface area contributed by atoms with Crippen molar-refractivity contribution >= 4 is 23.2 Å². The van der Waals surface area contributed by atoms with Crippen LogP contribution in [0.4, 0.5) is 11.6 Å². The number of halogens is 1. The molecule has 0 unspecified atom stereocenters. The van der Waals surface area contributed by atoms with Crippen LogP contribution in [0.1, 0.15) is 12.8 Å². The molecule has 0 radical (unpaired) electrons. The van der Waals surface area contributed by atoms with Gasteiger partial charge in [-0.3, -0.25) is 0 Å². The van der Waals surface area contributed by atoms with Crippen LogP contribution >= 0.6 is 11.6 Å². The molecule has 1 aliphatic heterocycles. The Morgan fingerprint density at radius 2 is 2.09 bits per heavy atom. The van der Waals surface area contributed by atoms with Crippen LogP contribution in [-0.2, 0) is 4.74 Å². The lowest BCUT2D eigenvalue weighted by atomic mass is 10.0. The number of nitrogens with zero attached hydrogens (tertiary/aromatic N) is 2. The van der Waals surface area contributed by atoms with Crippen molar-refractivity contribution in [2.45, 2.75) is 12.8 Å². The van der Waals surface area contributed by atoms with E-state index in [0.717, 1.165) is 43.9 Å². The summed E-state index contributed by atoms with van der Waals surface area (Å²) in [6.07, 6.45) is 3.83. The van der Waals surface area contributed by atoms with E-state index in [1.165, 1.54) is 0 Å². The van der Waals surface area contributed by atoms with Gasteiger partial charge in [0.15, 0.2) is 0 Å². The van der Waals surface area contributed by atoms with Crippen molar-refractivity contribution in [2.75, 3.05) is 30.8 Å². The summed E-state index contributed by atoms with van der Waals surface area (Å²) in [5.41, 5.74) is 7.48. The van der Waals surface area contributed by atoms with Crippen LogP contribution < -0.4 is 11.1 Å². The number of aromatic nitrogens is 2. The van der Waals surface area contributed by atoms with E-state index in [0.29, 0.717) is 22.6 Å². The Labute approximate surface area is 134 Å². The highest BCUT2D eigenvalue weighted by Gasteiger charge is 2.14. The monoisotopic (exact) mass is 318 g/mol. The maximum atomic E-state index is 6.25. The molecule has 2 aromatic rings. The molecular formula is C16H19ClN4O. The second-order valence-corrected chi connectivity index (χ2v) is 5.84. The van der Waals surface area contributed by atoms with Crippen LogP contribution in [0.15, 0.2) is 30.5 Å². The molecule has 0 saturated carbocycles. The molecule has 116 valence electrons. The van der Waals surface area contributed by atoms with Crippen molar-refractivity contribution in [1.82, 2.24) is 9.97 Å². The van der Waals surface area contributed by atoms with Gasteiger partial charge >= 0.3 is 0 Å². The van der Waals surface area contributed by atoms with Crippen LogP contribution in [0, 0.1) is 5.92 Å². The Morgan fingerprint density at radius 3 is 2.86 bits per heavy atom. The standard InChI is InChI=1S/C16H19ClN4O/c17-13-1-2-14(12-3-6-19-15(18)9-12)21-16(13)20-10-11-4-7-22-8-5-11/h1-3,6,9,11H,4-5,7-8,10H2,(H2,18,19)(H,20,21). The van der Waals surface area contributed by atoms with Crippen molar-refractivity contribution in [3.05, 3.63) is 35.5 Å². The quantitative estimate of drug-likeness (QED) is 0.905. The first-order valence-corrected chi connectivity index (χ1v) is 7.80. The van der Waals surface area contributed by atoms with Crippen molar-refractivity contribution in [3.8, 4) is 11.3 Å².